The lowest BCUT2D eigenvalue weighted by Gasteiger charge is -1.98. The Morgan fingerprint density at radius 1 is 1.40 bits per heavy atom. The van der Waals surface area contributed by atoms with E-state index in [9.17, 15) is 4.79 Å². The zero-order chi connectivity index (χ0) is 11.1. The van der Waals surface area contributed by atoms with Gasteiger partial charge in [-0.3, -0.25) is 0 Å². The molecule has 0 heterocycles. The SMILES string of the molecule is CCc1ccc(CC=NNC(=O)O)cc1. The van der Waals surface area contributed by atoms with Crippen LogP contribution in [0.25, 0.3) is 0 Å². The first-order valence-electron chi connectivity index (χ1n) is 4.80. The largest absolute Gasteiger partial charge is 0.464 e. The van der Waals surface area contributed by atoms with Gasteiger partial charge in [0.05, 0.1) is 0 Å². The highest BCUT2D eigenvalue weighted by Crippen LogP contribution is 2.04. The van der Waals surface area contributed by atoms with Crippen molar-refractivity contribution in [3.8, 4) is 0 Å². The highest BCUT2D eigenvalue weighted by Gasteiger charge is 1.92. The molecule has 0 aliphatic carbocycles. The van der Waals surface area contributed by atoms with Gasteiger partial charge in [0.15, 0.2) is 0 Å². The topological polar surface area (TPSA) is 61.7 Å². The molecule has 0 atom stereocenters. The molecule has 1 aromatic carbocycles. The number of hydrogen-bond acceptors (Lipinski definition) is 2. The molecule has 0 unspecified atom stereocenters. The highest BCUT2D eigenvalue weighted by molar-refractivity contribution is 5.68. The van der Waals surface area contributed by atoms with Crippen LogP contribution in [0.15, 0.2) is 29.4 Å². The summed E-state index contributed by atoms with van der Waals surface area (Å²) in [5, 5.41) is 11.8. The second-order valence-electron chi connectivity index (χ2n) is 3.10. The van der Waals surface area contributed by atoms with Crippen molar-refractivity contribution in [1.82, 2.24) is 5.43 Å². The van der Waals surface area contributed by atoms with E-state index in [0.717, 1.165) is 12.0 Å². The van der Waals surface area contributed by atoms with E-state index in [2.05, 4.69) is 24.2 Å². The molecule has 0 fully saturated rings. The van der Waals surface area contributed by atoms with Gasteiger partial charge in [-0.25, -0.2) is 10.2 Å². The van der Waals surface area contributed by atoms with Crippen LogP contribution in [0, 0.1) is 0 Å². The van der Waals surface area contributed by atoms with Gasteiger partial charge < -0.3 is 5.11 Å². The van der Waals surface area contributed by atoms with Crippen molar-refractivity contribution in [1.29, 1.82) is 0 Å². The number of rotatable bonds is 4. The van der Waals surface area contributed by atoms with Crippen LogP contribution in [-0.2, 0) is 12.8 Å². The molecule has 0 aliphatic heterocycles. The third-order valence-corrected chi connectivity index (χ3v) is 2.01. The summed E-state index contributed by atoms with van der Waals surface area (Å²) in [6, 6.07) is 8.17. The van der Waals surface area contributed by atoms with E-state index < -0.39 is 6.09 Å². The van der Waals surface area contributed by atoms with Crippen molar-refractivity contribution >= 4 is 12.3 Å². The average molecular weight is 206 g/mol. The number of nitrogens with one attached hydrogen (secondary N) is 1. The van der Waals surface area contributed by atoms with Crippen LogP contribution in [0.1, 0.15) is 18.1 Å². The predicted molar refractivity (Wildman–Crippen MR) is 59.2 cm³/mol. The number of carboxylic acid groups (broad SMARTS) is 1. The molecule has 0 spiro atoms. The quantitative estimate of drug-likeness (QED) is 0.585. The van der Waals surface area contributed by atoms with Gasteiger partial charge in [-0.05, 0) is 17.5 Å². The van der Waals surface area contributed by atoms with Gasteiger partial charge in [-0.2, -0.15) is 5.10 Å². The molecule has 0 radical (unpaired) electrons. The summed E-state index contributed by atoms with van der Waals surface area (Å²) in [5.41, 5.74) is 4.33. The molecule has 0 aliphatic rings. The Kier molecular flexibility index (Phi) is 4.34. The maximum Gasteiger partial charge on any atom is 0.425 e. The number of nitrogens with zero attached hydrogens (tertiary/aromatic N) is 1. The summed E-state index contributed by atoms with van der Waals surface area (Å²) in [6.45, 7) is 2.10. The second kappa shape index (κ2) is 5.80. The minimum Gasteiger partial charge on any atom is -0.464 e. The van der Waals surface area contributed by atoms with Gasteiger partial charge in [0.25, 0.3) is 0 Å². The summed E-state index contributed by atoms with van der Waals surface area (Å²) in [4.78, 5) is 10.1. The third kappa shape index (κ3) is 4.26. The van der Waals surface area contributed by atoms with Crippen molar-refractivity contribution < 1.29 is 9.90 Å². The smallest absolute Gasteiger partial charge is 0.425 e. The number of aryl methyl sites for hydroxylation is 1. The molecular formula is C11H14N2O2. The third-order valence-electron chi connectivity index (χ3n) is 2.01. The van der Waals surface area contributed by atoms with Gasteiger partial charge >= 0.3 is 6.09 Å². The summed E-state index contributed by atoms with van der Waals surface area (Å²) in [7, 11) is 0. The van der Waals surface area contributed by atoms with E-state index in [4.69, 9.17) is 5.11 Å². The van der Waals surface area contributed by atoms with Crippen LogP contribution < -0.4 is 5.43 Å². The zero-order valence-electron chi connectivity index (χ0n) is 8.60. The van der Waals surface area contributed by atoms with Crippen LogP contribution in [0.4, 0.5) is 4.79 Å². The standard InChI is InChI=1S/C11H14N2O2/c1-2-9-3-5-10(6-4-9)7-8-12-13-11(14)15/h3-6,8,13H,2,7H2,1H3,(H,14,15). The van der Waals surface area contributed by atoms with Gasteiger partial charge in [0, 0.05) is 12.6 Å². The molecule has 0 aromatic heterocycles. The zero-order valence-corrected chi connectivity index (χ0v) is 8.60. The number of hydrazone groups is 1. The van der Waals surface area contributed by atoms with Crippen molar-refractivity contribution in [2.75, 3.05) is 0 Å². The van der Waals surface area contributed by atoms with Crippen LogP contribution in [0.3, 0.4) is 0 Å². The second-order valence-corrected chi connectivity index (χ2v) is 3.10. The van der Waals surface area contributed by atoms with Crippen LogP contribution in [0.2, 0.25) is 0 Å². The van der Waals surface area contributed by atoms with Crippen molar-refractivity contribution in [3.05, 3.63) is 35.4 Å². The molecule has 80 valence electrons. The van der Waals surface area contributed by atoms with E-state index in [1.54, 1.807) is 0 Å². The molecule has 1 aromatic rings. The fraction of sp³-hybridized carbons (Fsp3) is 0.273. The first kappa shape index (κ1) is 11.2. The molecule has 4 heteroatoms. The lowest BCUT2D eigenvalue weighted by atomic mass is 10.1. The van der Waals surface area contributed by atoms with E-state index in [1.807, 2.05) is 17.6 Å². The van der Waals surface area contributed by atoms with Crippen LogP contribution in [0.5, 0.6) is 0 Å². The van der Waals surface area contributed by atoms with Gasteiger partial charge in [0.2, 0.25) is 0 Å². The first-order valence-corrected chi connectivity index (χ1v) is 4.80. The minimum absolute atomic E-state index is 0.629. The summed E-state index contributed by atoms with van der Waals surface area (Å²) < 4.78 is 0. The number of amides is 1. The summed E-state index contributed by atoms with van der Waals surface area (Å²) >= 11 is 0. The molecule has 15 heavy (non-hydrogen) atoms. The Bertz CT molecular complexity index is 344. The highest BCUT2D eigenvalue weighted by atomic mass is 16.4. The normalized spacial score (nSPS) is 10.5. The maximum absolute atomic E-state index is 10.1. The van der Waals surface area contributed by atoms with Gasteiger partial charge in [-0.15, -0.1) is 0 Å². The molecule has 2 N–H and O–H groups in total. The first-order chi connectivity index (χ1) is 7.22. The Labute approximate surface area is 88.6 Å². The Morgan fingerprint density at radius 3 is 2.53 bits per heavy atom. The van der Waals surface area contributed by atoms with E-state index in [-0.39, 0.29) is 0 Å². The molecule has 0 saturated heterocycles. The molecule has 1 amide bonds. The lowest BCUT2D eigenvalue weighted by molar-refractivity contribution is 0.195. The van der Waals surface area contributed by atoms with Crippen LogP contribution >= 0.6 is 0 Å². The van der Waals surface area contributed by atoms with E-state index in [0.29, 0.717) is 6.42 Å². The number of benzene rings is 1. The van der Waals surface area contributed by atoms with E-state index >= 15 is 0 Å². The number of hydrogen-bond donors (Lipinski definition) is 2. The summed E-state index contributed by atoms with van der Waals surface area (Å²) in [6.07, 6.45) is 2.04. The monoisotopic (exact) mass is 206 g/mol. The molecule has 4 nitrogen and oxygen atoms in total. The molecular weight excluding hydrogens is 192 g/mol. The Balaban J connectivity index is 2.44. The predicted octanol–water partition coefficient (Wildman–Crippen LogP) is 2.04. The summed E-state index contributed by atoms with van der Waals surface area (Å²) in [5.74, 6) is 0. The molecule has 1 rings (SSSR count). The Morgan fingerprint density at radius 2 is 2.00 bits per heavy atom. The van der Waals surface area contributed by atoms with Crippen LogP contribution in [-0.4, -0.2) is 17.4 Å². The number of carbonyl (C=O) groups is 1. The fourth-order valence-corrected chi connectivity index (χ4v) is 1.16. The van der Waals surface area contributed by atoms with Crippen molar-refractivity contribution in [2.24, 2.45) is 5.10 Å². The minimum atomic E-state index is -1.15. The van der Waals surface area contributed by atoms with Crippen molar-refractivity contribution in [3.63, 3.8) is 0 Å². The van der Waals surface area contributed by atoms with Crippen molar-refractivity contribution in [2.45, 2.75) is 19.8 Å². The van der Waals surface area contributed by atoms with Gasteiger partial charge in [0.1, 0.15) is 0 Å². The van der Waals surface area contributed by atoms with Gasteiger partial charge in [-0.1, -0.05) is 31.2 Å². The maximum atomic E-state index is 10.1. The lowest BCUT2D eigenvalue weighted by Crippen LogP contribution is -2.13. The Hall–Kier alpha value is -1.84. The average Bonchev–Trinajstić information content (AvgIpc) is 2.25. The molecule has 0 bridgehead atoms. The fourth-order valence-electron chi connectivity index (χ4n) is 1.16. The molecule has 0 saturated carbocycles. The van der Waals surface area contributed by atoms with E-state index in [1.165, 1.54) is 11.8 Å².